The number of rotatable bonds is 7. The van der Waals surface area contributed by atoms with Crippen LogP contribution in [0.5, 0.6) is 0 Å². The summed E-state index contributed by atoms with van der Waals surface area (Å²) in [5.74, 6) is 0.0491. The normalized spacial score (nSPS) is 10.0. The third-order valence-corrected chi connectivity index (χ3v) is 3.10. The molecule has 0 spiro atoms. The standard InChI is InChI=1S/C13H20N2OS/c1-3-4-8-14-13(16)10-15-11-6-5-7-12(9-11)17-2/h5-7,9,15H,3-4,8,10H2,1-2H3,(H,14,16). The molecule has 94 valence electrons. The number of amides is 1. The number of hydrogen-bond acceptors (Lipinski definition) is 3. The number of thioether (sulfide) groups is 1. The minimum atomic E-state index is 0.0491. The third-order valence-electron chi connectivity index (χ3n) is 2.38. The van der Waals surface area contributed by atoms with Gasteiger partial charge in [0.25, 0.3) is 0 Å². The van der Waals surface area contributed by atoms with Crippen molar-refractivity contribution in [3.63, 3.8) is 0 Å². The van der Waals surface area contributed by atoms with E-state index < -0.39 is 0 Å². The van der Waals surface area contributed by atoms with Gasteiger partial charge in [-0.2, -0.15) is 0 Å². The Morgan fingerprint density at radius 1 is 1.41 bits per heavy atom. The molecule has 2 N–H and O–H groups in total. The van der Waals surface area contributed by atoms with Crippen molar-refractivity contribution in [1.29, 1.82) is 0 Å². The summed E-state index contributed by atoms with van der Waals surface area (Å²) in [5, 5.41) is 6.00. The Hall–Kier alpha value is -1.16. The molecule has 0 aliphatic carbocycles. The third kappa shape index (κ3) is 5.63. The highest BCUT2D eigenvalue weighted by Crippen LogP contribution is 2.18. The average molecular weight is 252 g/mol. The lowest BCUT2D eigenvalue weighted by Gasteiger charge is -2.08. The van der Waals surface area contributed by atoms with E-state index in [0.717, 1.165) is 25.1 Å². The summed E-state index contributed by atoms with van der Waals surface area (Å²) in [6.07, 6.45) is 4.17. The minimum Gasteiger partial charge on any atom is -0.376 e. The molecule has 0 radical (unpaired) electrons. The fourth-order valence-electron chi connectivity index (χ4n) is 1.38. The van der Waals surface area contributed by atoms with Crippen molar-refractivity contribution in [1.82, 2.24) is 5.32 Å². The van der Waals surface area contributed by atoms with E-state index in [1.165, 1.54) is 4.90 Å². The maximum atomic E-state index is 11.5. The highest BCUT2D eigenvalue weighted by atomic mass is 32.2. The Kier molecular flexibility index (Phi) is 6.55. The minimum absolute atomic E-state index is 0.0491. The molecule has 4 heteroatoms. The molecule has 17 heavy (non-hydrogen) atoms. The number of benzene rings is 1. The molecule has 0 heterocycles. The van der Waals surface area contributed by atoms with Gasteiger partial charge in [-0.1, -0.05) is 19.4 Å². The molecule has 0 saturated carbocycles. The first-order valence-corrected chi connectivity index (χ1v) is 7.13. The molecule has 0 bridgehead atoms. The SMILES string of the molecule is CCCCNC(=O)CNc1cccc(SC)c1. The van der Waals surface area contributed by atoms with Crippen LogP contribution in [-0.2, 0) is 4.79 Å². The van der Waals surface area contributed by atoms with Gasteiger partial charge >= 0.3 is 0 Å². The van der Waals surface area contributed by atoms with Crippen LogP contribution in [0.1, 0.15) is 19.8 Å². The Morgan fingerprint density at radius 2 is 2.24 bits per heavy atom. The van der Waals surface area contributed by atoms with E-state index in [1.807, 2.05) is 24.5 Å². The van der Waals surface area contributed by atoms with Crippen molar-refractivity contribution < 1.29 is 4.79 Å². The lowest BCUT2D eigenvalue weighted by Crippen LogP contribution is -2.30. The summed E-state index contributed by atoms with van der Waals surface area (Å²) in [6.45, 7) is 3.21. The van der Waals surface area contributed by atoms with Crippen LogP contribution in [0.15, 0.2) is 29.2 Å². The number of nitrogens with one attached hydrogen (secondary N) is 2. The zero-order valence-electron chi connectivity index (χ0n) is 10.5. The van der Waals surface area contributed by atoms with Gasteiger partial charge in [-0.05, 0) is 30.9 Å². The molecule has 0 unspecified atom stereocenters. The van der Waals surface area contributed by atoms with Gasteiger partial charge in [-0.15, -0.1) is 11.8 Å². The summed E-state index contributed by atoms with van der Waals surface area (Å²) >= 11 is 1.69. The molecule has 1 amide bonds. The molecule has 0 atom stereocenters. The van der Waals surface area contributed by atoms with Crippen LogP contribution in [0.4, 0.5) is 5.69 Å². The van der Waals surface area contributed by atoms with Crippen LogP contribution in [0.3, 0.4) is 0 Å². The molecule has 1 aromatic carbocycles. The zero-order chi connectivity index (χ0) is 12.5. The van der Waals surface area contributed by atoms with Gasteiger partial charge in [0.05, 0.1) is 6.54 Å². The van der Waals surface area contributed by atoms with E-state index in [0.29, 0.717) is 6.54 Å². The molecular weight excluding hydrogens is 232 g/mol. The fraction of sp³-hybridized carbons (Fsp3) is 0.462. The smallest absolute Gasteiger partial charge is 0.239 e. The van der Waals surface area contributed by atoms with Crippen LogP contribution < -0.4 is 10.6 Å². The van der Waals surface area contributed by atoms with Crippen LogP contribution in [0.2, 0.25) is 0 Å². The molecule has 0 aromatic heterocycles. The molecular formula is C13H20N2OS. The van der Waals surface area contributed by atoms with Gasteiger partial charge in [0.1, 0.15) is 0 Å². The van der Waals surface area contributed by atoms with E-state index in [1.54, 1.807) is 11.8 Å². The Bertz CT molecular complexity index is 355. The van der Waals surface area contributed by atoms with Crippen LogP contribution in [-0.4, -0.2) is 25.3 Å². The van der Waals surface area contributed by atoms with Gasteiger partial charge in [0.2, 0.25) is 5.91 Å². The number of carbonyl (C=O) groups excluding carboxylic acids is 1. The first-order valence-electron chi connectivity index (χ1n) is 5.91. The van der Waals surface area contributed by atoms with E-state index in [2.05, 4.69) is 23.6 Å². The van der Waals surface area contributed by atoms with Crippen molar-refractivity contribution in [2.45, 2.75) is 24.7 Å². The van der Waals surface area contributed by atoms with Gasteiger partial charge in [0, 0.05) is 17.1 Å². The van der Waals surface area contributed by atoms with E-state index in [-0.39, 0.29) is 5.91 Å². The van der Waals surface area contributed by atoms with Gasteiger partial charge in [-0.25, -0.2) is 0 Å². The molecule has 1 aromatic rings. The van der Waals surface area contributed by atoms with Gasteiger partial charge in [0.15, 0.2) is 0 Å². The van der Waals surface area contributed by atoms with Gasteiger partial charge in [-0.3, -0.25) is 4.79 Å². The highest BCUT2D eigenvalue weighted by Gasteiger charge is 2.00. The van der Waals surface area contributed by atoms with Crippen molar-refractivity contribution in [3.05, 3.63) is 24.3 Å². The predicted molar refractivity (Wildman–Crippen MR) is 74.6 cm³/mol. The second-order valence-corrected chi connectivity index (χ2v) is 4.67. The molecule has 0 aliphatic rings. The number of hydrogen-bond donors (Lipinski definition) is 2. The largest absolute Gasteiger partial charge is 0.376 e. The maximum absolute atomic E-state index is 11.5. The highest BCUT2D eigenvalue weighted by molar-refractivity contribution is 7.98. The van der Waals surface area contributed by atoms with Crippen molar-refractivity contribution in [2.75, 3.05) is 24.7 Å². The van der Waals surface area contributed by atoms with Crippen LogP contribution >= 0.6 is 11.8 Å². The summed E-state index contributed by atoms with van der Waals surface area (Å²) in [5.41, 5.74) is 0.988. The molecule has 0 aliphatic heterocycles. The van der Waals surface area contributed by atoms with Gasteiger partial charge < -0.3 is 10.6 Å². The zero-order valence-corrected chi connectivity index (χ0v) is 11.3. The first kappa shape index (κ1) is 13.9. The summed E-state index contributed by atoms with van der Waals surface area (Å²) in [4.78, 5) is 12.7. The van der Waals surface area contributed by atoms with Crippen LogP contribution in [0.25, 0.3) is 0 Å². The topological polar surface area (TPSA) is 41.1 Å². The van der Waals surface area contributed by atoms with E-state index in [9.17, 15) is 4.79 Å². The number of carbonyl (C=O) groups is 1. The first-order chi connectivity index (χ1) is 8.26. The van der Waals surface area contributed by atoms with E-state index in [4.69, 9.17) is 0 Å². The van der Waals surface area contributed by atoms with Crippen molar-refractivity contribution >= 4 is 23.4 Å². The Morgan fingerprint density at radius 3 is 2.94 bits per heavy atom. The average Bonchev–Trinajstić information content (AvgIpc) is 2.37. The van der Waals surface area contributed by atoms with Crippen molar-refractivity contribution in [2.24, 2.45) is 0 Å². The Labute approximate surface area is 107 Å². The molecule has 0 fully saturated rings. The Balaban J connectivity index is 2.31. The second kappa shape index (κ2) is 8.01. The lowest BCUT2D eigenvalue weighted by atomic mass is 10.3. The summed E-state index contributed by atoms with van der Waals surface area (Å²) < 4.78 is 0. The predicted octanol–water partition coefficient (Wildman–Crippen LogP) is 2.74. The van der Waals surface area contributed by atoms with Crippen LogP contribution in [0, 0.1) is 0 Å². The molecule has 0 saturated heterocycles. The number of unbranched alkanes of at least 4 members (excludes halogenated alkanes) is 1. The van der Waals surface area contributed by atoms with E-state index >= 15 is 0 Å². The maximum Gasteiger partial charge on any atom is 0.239 e. The molecule has 1 rings (SSSR count). The monoisotopic (exact) mass is 252 g/mol. The lowest BCUT2D eigenvalue weighted by molar-refractivity contribution is -0.119. The van der Waals surface area contributed by atoms with Crippen molar-refractivity contribution in [3.8, 4) is 0 Å². The second-order valence-electron chi connectivity index (χ2n) is 3.79. The summed E-state index contributed by atoms with van der Waals surface area (Å²) in [7, 11) is 0. The fourth-order valence-corrected chi connectivity index (χ4v) is 1.84. The quantitative estimate of drug-likeness (QED) is 0.579. The summed E-state index contributed by atoms with van der Waals surface area (Å²) in [6, 6.07) is 8.06. The molecule has 3 nitrogen and oxygen atoms in total. The number of anilines is 1.